The molecule has 1 aliphatic rings. The summed E-state index contributed by atoms with van der Waals surface area (Å²) < 4.78 is 4.74. The molecule has 0 aromatic carbocycles. The molecular formula is C13H22N2O3S. The number of amides is 1. The van der Waals surface area contributed by atoms with E-state index in [1.165, 1.54) is 18.9 Å². The average molecular weight is 286 g/mol. The molecule has 1 atom stereocenters. The van der Waals surface area contributed by atoms with Crippen LogP contribution in [0.4, 0.5) is 0 Å². The van der Waals surface area contributed by atoms with Gasteiger partial charge in [-0.1, -0.05) is 20.8 Å². The van der Waals surface area contributed by atoms with Crippen molar-refractivity contribution in [3.63, 3.8) is 0 Å². The predicted molar refractivity (Wildman–Crippen MR) is 76.6 cm³/mol. The first-order chi connectivity index (χ1) is 9.03. The third-order valence-electron chi connectivity index (χ3n) is 3.12. The molecule has 108 valence electrons. The molecule has 1 N–H and O–H groups in total. The van der Waals surface area contributed by atoms with E-state index in [-0.39, 0.29) is 17.8 Å². The lowest BCUT2D eigenvalue weighted by molar-refractivity contribution is -0.135. The zero-order valence-electron chi connectivity index (χ0n) is 12.0. The van der Waals surface area contributed by atoms with Crippen molar-refractivity contribution < 1.29 is 14.3 Å². The van der Waals surface area contributed by atoms with Gasteiger partial charge in [0.05, 0.1) is 13.7 Å². The second kappa shape index (κ2) is 7.55. The number of thioether (sulfide) groups is 1. The van der Waals surface area contributed by atoms with Gasteiger partial charge in [-0.05, 0) is 13.1 Å². The number of rotatable bonds is 6. The van der Waals surface area contributed by atoms with Crippen molar-refractivity contribution in [3.8, 4) is 0 Å². The molecule has 0 radical (unpaired) electrons. The van der Waals surface area contributed by atoms with Crippen molar-refractivity contribution in [2.45, 2.75) is 20.8 Å². The summed E-state index contributed by atoms with van der Waals surface area (Å²) in [5.41, 5.74) is 0.703. The standard InChI is InChI=1S/C13H22N2O3S/c1-5-15(6-2)7-10(16)14-11-9(3)8-19-12(11)13(17)18-4/h9H,5-8H2,1-4H3,(H,14,16). The van der Waals surface area contributed by atoms with Crippen LogP contribution in [0.2, 0.25) is 0 Å². The summed E-state index contributed by atoms with van der Waals surface area (Å²) in [6, 6.07) is 0. The second-order valence-corrected chi connectivity index (χ2v) is 5.49. The second-order valence-electron chi connectivity index (χ2n) is 4.46. The molecule has 5 nitrogen and oxygen atoms in total. The molecule has 19 heavy (non-hydrogen) atoms. The predicted octanol–water partition coefficient (Wildman–Crippen LogP) is 1.21. The maximum Gasteiger partial charge on any atom is 0.346 e. The van der Waals surface area contributed by atoms with Crippen molar-refractivity contribution in [1.29, 1.82) is 0 Å². The smallest absolute Gasteiger partial charge is 0.346 e. The van der Waals surface area contributed by atoms with Gasteiger partial charge in [0.1, 0.15) is 4.91 Å². The third kappa shape index (κ3) is 4.24. The number of esters is 1. The summed E-state index contributed by atoms with van der Waals surface area (Å²) in [5.74, 6) is 0.521. The molecule has 0 saturated heterocycles. The number of methoxy groups -OCH3 is 1. The van der Waals surface area contributed by atoms with E-state index in [1.54, 1.807) is 0 Å². The highest BCUT2D eigenvalue weighted by Gasteiger charge is 2.29. The van der Waals surface area contributed by atoms with Crippen LogP contribution in [-0.4, -0.2) is 49.3 Å². The van der Waals surface area contributed by atoms with E-state index in [0.717, 1.165) is 18.8 Å². The fourth-order valence-corrected chi connectivity index (χ4v) is 3.07. The van der Waals surface area contributed by atoms with Gasteiger partial charge in [-0.2, -0.15) is 0 Å². The monoisotopic (exact) mass is 286 g/mol. The molecule has 0 bridgehead atoms. The molecule has 0 saturated carbocycles. The van der Waals surface area contributed by atoms with Gasteiger partial charge >= 0.3 is 5.97 Å². The number of nitrogens with one attached hydrogen (secondary N) is 1. The largest absolute Gasteiger partial charge is 0.465 e. The third-order valence-corrected chi connectivity index (χ3v) is 4.46. The Kier molecular flexibility index (Phi) is 6.37. The summed E-state index contributed by atoms with van der Waals surface area (Å²) in [5, 5.41) is 2.87. The van der Waals surface area contributed by atoms with E-state index in [9.17, 15) is 9.59 Å². The van der Waals surface area contributed by atoms with Crippen LogP contribution in [0.5, 0.6) is 0 Å². The lowest BCUT2D eigenvalue weighted by Crippen LogP contribution is -2.38. The van der Waals surface area contributed by atoms with Gasteiger partial charge in [0.25, 0.3) is 0 Å². The van der Waals surface area contributed by atoms with Crippen LogP contribution in [0, 0.1) is 5.92 Å². The van der Waals surface area contributed by atoms with Gasteiger partial charge in [0, 0.05) is 17.4 Å². The van der Waals surface area contributed by atoms with E-state index in [1.807, 2.05) is 25.7 Å². The Hall–Kier alpha value is -1.01. The van der Waals surface area contributed by atoms with Crippen LogP contribution in [0.1, 0.15) is 20.8 Å². The molecule has 0 fully saturated rings. The molecule has 1 rings (SSSR count). The molecule has 0 aliphatic carbocycles. The van der Waals surface area contributed by atoms with Crippen molar-refractivity contribution in [2.75, 3.05) is 32.5 Å². The maximum atomic E-state index is 12.0. The van der Waals surface area contributed by atoms with Crippen molar-refractivity contribution in [3.05, 3.63) is 10.6 Å². The minimum Gasteiger partial charge on any atom is -0.465 e. The summed E-state index contributed by atoms with van der Waals surface area (Å²) in [4.78, 5) is 26.2. The first-order valence-corrected chi connectivity index (χ1v) is 7.49. The van der Waals surface area contributed by atoms with Crippen LogP contribution in [0.3, 0.4) is 0 Å². The Bertz CT molecular complexity index is 378. The van der Waals surface area contributed by atoms with Crippen LogP contribution >= 0.6 is 11.8 Å². The van der Waals surface area contributed by atoms with Gasteiger partial charge in [0.15, 0.2) is 0 Å². The quantitative estimate of drug-likeness (QED) is 0.744. The molecule has 0 aromatic heterocycles. The first kappa shape index (κ1) is 16.0. The van der Waals surface area contributed by atoms with Crippen molar-refractivity contribution in [1.82, 2.24) is 10.2 Å². The van der Waals surface area contributed by atoms with E-state index >= 15 is 0 Å². The molecule has 1 aliphatic heterocycles. The Morgan fingerprint density at radius 2 is 2.05 bits per heavy atom. The fourth-order valence-electron chi connectivity index (χ4n) is 1.87. The molecule has 1 unspecified atom stereocenters. The zero-order valence-corrected chi connectivity index (χ0v) is 12.8. The number of carbonyl (C=O) groups excluding carboxylic acids is 2. The maximum absolute atomic E-state index is 12.0. The molecular weight excluding hydrogens is 264 g/mol. The lowest BCUT2D eigenvalue weighted by Gasteiger charge is -2.18. The Balaban J connectivity index is 2.72. The molecule has 0 aromatic rings. The lowest BCUT2D eigenvalue weighted by atomic mass is 10.1. The zero-order chi connectivity index (χ0) is 14.4. The van der Waals surface area contributed by atoms with Crippen LogP contribution in [-0.2, 0) is 14.3 Å². The first-order valence-electron chi connectivity index (χ1n) is 6.50. The van der Waals surface area contributed by atoms with E-state index < -0.39 is 0 Å². The molecule has 1 amide bonds. The normalized spacial score (nSPS) is 18.9. The van der Waals surface area contributed by atoms with E-state index in [4.69, 9.17) is 4.74 Å². The van der Waals surface area contributed by atoms with Crippen molar-refractivity contribution >= 4 is 23.6 Å². The summed E-state index contributed by atoms with van der Waals surface area (Å²) in [7, 11) is 1.36. The SMILES string of the molecule is CCN(CC)CC(=O)NC1=C(C(=O)OC)SCC1C. The highest BCUT2D eigenvalue weighted by molar-refractivity contribution is 8.04. The number of hydrogen-bond acceptors (Lipinski definition) is 5. The van der Waals surface area contributed by atoms with Gasteiger partial charge < -0.3 is 10.1 Å². The summed E-state index contributed by atoms with van der Waals surface area (Å²) in [6.07, 6.45) is 0. The summed E-state index contributed by atoms with van der Waals surface area (Å²) >= 11 is 1.44. The van der Waals surface area contributed by atoms with Crippen molar-refractivity contribution in [2.24, 2.45) is 5.92 Å². The highest BCUT2D eigenvalue weighted by Crippen LogP contribution is 2.34. The number of allylic oxidation sites excluding steroid dienone is 1. The average Bonchev–Trinajstić information content (AvgIpc) is 2.76. The van der Waals surface area contributed by atoms with Crippen LogP contribution < -0.4 is 5.32 Å². The topological polar surface area (TPSA) is 58.6 Å². The number of nitrogens with zero attached hydrogens (tertiary/aromatic N) is 1. The minimum atomic E-state index is -0.368. The number of hydrogen-bond donors (Lipinski definition) is 1. The number of carbonyl (C=O) groups is 2. The Labute approximate surface area is 118 Å². The molecule has 1 heterocycles. The fraction of sp³-hybridized carbons (Fsp3) is 0.692. The van der Waals surface area contributed by atoms with Gasteiger partial charge in [0.2, 0.25) is 5.91 Å². The van der Waals surface area contributed by atoms with Crippen LogP contribution in [0.15, 0.2) is 10.6 Å². The summed E-state index contributed by atoms with van der Waals surface area (Å²) in [6.45, 7) is 8.04. The number of likely N-dealkylation sites (N-methyl/N-ethyl adjacent to an activating group) is 1. The Morgan fingerprint density at radius 3 is 2.58 bits per heavy atom. The van der Waals surface area contributed by atoms with E-state index in [0.29, 0.717) is 17.1 Å². The minimum absolute atomic E-state index is 0.0746. The highest BCUT2D eigenvalue weighted by atomic mass is 32.2. The van der Waals surface area contributed by atoms with Crippen LogP contribution in [0.25, 0.3) is 0 Å². The van der Waals surface area contributed by atoms with Gasteiger partial charge in [-0.3, -0.25) is 9.69 Å². The van der Waals surface area contributed by atoms with E-state index in [2.05, 4.69) is 5.32 Å². The molecule has 6 heteroatoms. The van der Waals surface area contributed by atoms with Gasteiger partial charge in [-0.15, -0.1) is 11.8 Å². The Morgan fingerprint density at radius 1 is 1.42 bits per heavy atom. The van der Waals surface area contributed by atoms with Gasteiger partial charge in [-0.25, -0.2) is 4.79 Å². The molecule has 0 spiro atoms. The number of ether oxygens (including phenoxy) is 1.